The van der Waals surface area contributed by atoms with Gasteiger partial charge in [-0.1, -0.05) is 15.9 Å². The zero-order chi connectivity index (χ0) is 10.4. The van der Waals surface area contributed by atoms with E-state index < -0.39 is 0 Å². The van der Waals surface area contributed by atoms with Gasteiger partial charge in [-0.25, -0.2) is 0 Å². The highest BCUT2D eigenvalue weighted by Crippen LogP contribution is 2.14. The SMILES string of the molecule is CCOC1CCN(C(=O)CCBr)CC1. The topological polar surface area (TPSA) is 29.5 Å². The smallest absolute Gasteiger partial charge is 0.223 e. The van der Waals surface area contributed by atoms with Crippen molar-refractivity contribution in [2.45, 2.75) is 32.3 Å². The van der Waals surface area contributed by atoms with Crippen molar-refractivity contribution in [1.82, 2.24) is 4.90 Å². The normalized spacial score (nSPS) is 18.6. The second-order valence-corrected chi connectivity index (χ2v) is 4.27. The molecule has 1 rings (SSSR count). The summed E-state index contributed by atoms with van der Waals surface area (Å²) in [5.41, 5.74) is 0. The molecule has 1 heterocycles. The zero-order valence-corrected chi connectivity index (χ0v) is 10.3. The minimum absolute atomic E-state index is 0.261. The summed E-state index contributed by atoms with van der Waals surface area (Å²) in [4.78, 5) is 13.5. The second-order valence-electron chi connectivity index (χ2n) is 3.47. The summed E-state index contributed by atoms with van der Waals surface area (Å²) in [5, 5.41) is 0.761. The average Bonchev–Trinajstić information content (AvgIpc) is 2.20. The van der Waals surface area contributed by atoms with E-state index in [2.05, 4.69) is 15.9 Å². The van der Waals surface area contributed by atoms with Crippen molar-refractivity contribution < 1.29 is 9.53 Å². The summed E-state index contributed by atoms with van der Waals surface area (Å²) in [6.45, 7) is 4.51. The average molecular weight is 264 g/mol. The van der Waals surface area contributed by atoms with Gasteiger partial charge in [0.15, 0.2) is 0 Å². The van der Waals surface area contributed by atoms with Crippen LogP contribution in [0.5, 0.6) is 0 Å². The molecule has 0 saturated carbocycles. The summed E-state index contributed by atoms with van der Waals surface area (Å²) in [6.07, 6.45) is 2.95. The van der Waals surface area contributed by atoms with Crippen LogP contribution in [0.15, 0.2) is 0 Å². The van der Waals surface area contributed by atoms with Crippen molar-refractivity contribution >= 4 is 21.8 Å². The van der Waals surface area contributed by atoms with Crippen molar-refractivity contribution in [2.24, 2.45) is 0 Å². The number of halogens is 1. The molecule has 14 heavy (non-hydrogen) atoms. The van der Waals surface area contributed by atoms with Gasteiger partial charge in [-0.15, -0.1) is 0 Å². The van der Waals surface area contributed by atoms with E-state index in [-0.39, 0.29) is 5.91 Å². The molecule has 82 valence electrons. The Labute approximate surface area is 93.9 Å². The molecule has 1 fully saturated rings. The van der Waals surface area contributed by atoms with Crippen LogP contribution in [-0.4, -0.2) is 41.9 Å². The van der Waals surface area contributed by atoms with E-state index in [0.717, 1.165) is 37.9 Å². The highest BCUT2D eigenvalue weighted by atomic mass is 79.9. The summed E-state index contributed by atoms with van der Waals surface area (Å²) in [6, 6.07) is 0. The van der Waals surface area contributed by atoms with Crippen LogP contribution in [0.4, 0.5) is 0 Å². The van der Waals surface area contributed by atoms with E-state index in [4.69, 9.17) is 4.74 Å². The first-order chi connectivity index (χ1) is 6.77. The molecule has 1 aliphatic heterocycles. The van der Waals surface area contributed by atoms with Crippen LogP contribution < -0.4 is 0 Å². The fourth-order valence-electron chi connectivity index (χ4n) is 1.75. The number of hydrogen-bond donors (Lipinski definition) is 0. The number of ether oxygens (including phenoxy) is 1. The zero-order valence-electron chi connectivity index (χ0n) is 8.67. The van der Waals surface area contributed by atoms with Gasteiger partial charge in [0, 0.05) is 31.4 Å². The van der Waals surface area contributed by atoms with Gasteiger partial charge >= 0.3 is 0 Å². The molecule has 0 bridgehead atoms. The molecule has 1 aliphatic rings. The van der Waals surface area contributed by atoms with E-state index in [1.54, 1.807) is 0 Å². The first-order valence-electron chi connectivity index (χ1n) is 5.23. The lowest BCUT2D eigenvalue weighted by atomic mass is 10.1. The third-order valence-corrected chi connectivity index (χ3v) is 2.90. The summed E-state index contributed by atoms with van der Waals surface area (Å²) < 4.78 is 5.52. The van der Waals surface area contributed by atoms with Gasteiger partial charge in [-0.3, -0.25) is 4.79 Å². The number of amides is 1. The highest BCUT2D eigenvalue weighted by molar-refractivity contribution is 9.09. The van der Waals surface area contributed by atoms with Crippen molar-refractivity contribution in [2.75, 3.05) is 25.0 Å². The van der Waals surface area contributed by atoms with Crippen LogP contribution in [0.3, 0.4) is 0 Å². The summed E-state index contributed by atoms with van der Waals surface area (Å²) in [5.74, 6) is 0.261. The molecule has 0 atom stereocenters. The lowest BCUT2D eigenvalue weighted by Gasteiger charge is -2.31. The van der Waals surface area contributed by atoms with Crippen LogP contribution in [0.25, 0.3) is 0 Å². The van der Waals surface area contributed by atoms with E-state index in [1.165, 1.54) is 0 Å². The molecule has 0 unspecified atom stereocenters. The molecule has 1 saturated heterocycles. The molecule has 0 spiro atoms. The quantitative estimate of drug-likeness (QED) is 0.725. The van der Waals surface area contributed by atoms with Gasteiger partial charge in [0.05, 0.1) is 6.10 Å². The summed E-state index contributed by atoms with van der Waals surface area (Å²) >= 11 is 3.28. The molecule has 0 aromatic carbocycles. The van der Waals surface area contributed by atoms with Crippen LogP contribution in [0.1, 0.15) is 26.2 Å². The molecule has 1 amide bonds. The lowest BCUT2D eigenvalue weighted by Crippen LogP contribution is -2.40. The summed E-state index contributed by atoms with van der Waals surface area (Å²) in [7, 11) is 0. The third kappa shape index (κ3) is 3.58. The predicted molar refractivity (Wildman–Crippen MR) is 59.6 cm³/mol. The number of likely N-dealkylation sites (tertiary alicyclic amines) is 1. The van der Waals surface area contributed by atoms with Gasteiger partial charge in [-0.05, 0) is 19.8 Å². The van der Waals surface area contributed by atoms with Crippen LogP contribution in [-0.2, 0) is 9.53 Å². The van der Waals surface area contributed by atoms with E-state index in [1.807, 2.05) is 11.8 Å². The molecule has 0 radical (unpaired) electrons. The number of carbonyl (C=O) groups excluding carboxylic acids is 1. The van der Waals surface area contributed by atoms with Crippen molar-refractivity contribution in [3.8, 4) is 0 Å². The number of carbonyl (C=O) groups is 1. The Morgan fingerprint density at radius 1 is 1.50 bits per heavy atom. The minimum Gasteiger partial charge on any atom is -0.378 e. The largest absolute Gasteiger partial charge is 0.378 e. The Hall–Kier alpha value is -0.0900. The van der Waals surface area contributed by atoms with Crippen molar-refractivity contribution in [1.29, 1.82) is 0 Å². The predicted octanol–water partition coefficient (Wildman–Crippen LogP) is 1.80. The van der Waals surface area contributed by atoms with Crippen LogP contribution in [0.2, 0.25) is 0 Å². The minimum atomic E-state index is 0.261. The van der Waals surface area contributed by atoms with Gasteiger partial charge in [0.2, 0.25) is 5.91 Å². The Bertz CT molecular complexity index is 179. The first kappa shape index (κ1) is 12.0. The Morgan fingerprint density at radius 2 is 2.14 bits per heavy atom. The molecule has 3 nitrogen and oxygen atoms in total. The van der Waals surface area contributed by atoms with Crippen LogP contribution in [0, 0.1) is 0 Å². The van der Waals surface area contributed by atoms with Gasteiger partial charge in [-0.2, -0.15) is 0 Å². The number of hydrogen-bond acceptors (Lipinski definition) is 2. The van der Waals surface area contributed by atoms with Gasteiger partial charge in [0.1, 0.15) is 0 Å². The highest BCUT2D eigenvalue weighted by Gasteiger charge is 2.21. The maximum atomic E-state index is 11.5. The fourth-order valence-corrected chi connectivity index (χ4v) is 2.09. The van der Waals surface area contributed by atoms with E-state index >= 15 is 0 Å². The fraction of sp³-hybridized carbons (Fsp3) is 0.900. The first-order valence-corrected chi connectivity index (χ1v) is 6.35. The molecule has 0 N–H and O–H groups in total. The standard InChI is InChI=1S/C10H18BrNO2/c1-2-14-9-4-7-12(8-5-9)10(13)3-6-11/h9H,2-8H2,1H3. The molecule has 4 heteroatoms. The lowest BCUT2D eigenvalue weighted by molar-refractivity contribution is -0.133. The molecule has 0 aliphatic carbocycles. The van der Waals surface area contributed by atoms with Gasteiger partial charge < -0.3 is 9.64 Å². The number of alkyl halides is 1. The maximum Gasteiger partial charge on any atom is 0.223 e. The molecular formula is C10H18BrNO2. The molecular weight excluding hydrogens is 246 g/mol. The number of nitrogens with zero attached hydrogens (tertiary/aromatic N) is 1. The van der Waals surface area contributed by atoms with E-state index in [9.17, 15) is 4.79 Å². The number of piperidine rings is 1. The Morgan fingerprint density at radius 3 is 2.64 bits per heavy atom. The Balaban J connectivity index is 2.24. The van der Waals surface area contributed by atoms with Crippen LogP contribution >= 0.6 is 15.9 Å². The van der Waals surface area contributed by atoms with Gasteiger partial charge in [0.25, 0.3) is 0 Å². The number of rotatable bonds is 4. The van der Waals surface area contributed by atoms with E-state index in [0.29, 0.717) is 12.5 Å². The molecule has 0 aromatic rings. The second kappa shape index (κ2) is 6.40. The van der Waals surface area contributed by atoms with Crippen molar-refractivity contribution in [3.05, 3.63) is 0 Å². The Kier molecular flexibility index (Phi) is 5.48. The maximum absolute atomic E-state index is 11.5. The van der Waals surface area contributed by atoms with Crippen molar-refractivity contribution in [3.63, 3.8) is 0 Å². The molecule has 0 aromatic heterocycles. The third-order valence-electron chi connectivity index (χ3n) is 2.51. The monoisotopic (exact) mass is 263 g/mol.